The van der Waals surface area contributed by atoms with Crippen LogP contribution in [0.1, 0.15) is 5.56 Å². The van der Waals surface area contributed by atoms with Gasteiger partial charge in [-0.25, -0.2) is 0 Å². The number of halogens is 4. The number of benzene rings is 1. The van der Waals surface area contributed by atoms with Gasteiger partial charge in [-0.1, -0.05) is 11.6 Å². The second-order valence-corrected chi connectivity index (χ2v) is 5.75. The van der Waals surface area contributed by atoms with E-state index in [1.807, 2.05) is 5.32 Å². The van der Waals surface area contributed by atoms with Crippen LogP contribution in [0.4, 0.5) is 18.9 Å². The fraction of sp³-hybridized carbons (Fsp3) is 0.273. The Kier molecular flexibility index (Phi) is 5.73. The van der Waals surface area contributed by atoms with Gasteiger partial charge in [-0.05, 0) is 18.2 Å². The van der Waals surface area contributed by atoms with E-state index in [9.17, 15) is 27.0 Å². The molecule has 0 unspecified atom stereocenters. The summed E-state index contributed by atoms with van der Waals surface area (Å²) in [4.78, 5) is 21.8. The number of carbonyl (C=O) groups excluding carboxylic acids is 1. The third-order valence-corrected chi connectivity index (χ3v) is 3.53. The Bertz CT molecular complexity index is 591. The van der Waals surface area contributed by atoms with Crippen molar-refractivity contribution in [3.63, 3.8) is 0 Å². The molecule has 0 spiro atoms. The summed E-state index contributed by atoms with van der Waals surface area (Å²) in [6, 6.07) is 2.76. The van der Waals surface area contributed by atoms with Gasteiger partial charge in [0.05, 0.1) is 11.3 Å². The molecule has 116 valence electrons. The van der Waals surface area contributed by atoms with Gasteiger partial charge in [-0.2, -0.15) is 13.2 Å². The molecular formula is C11H9ClF3NO4S. The van der Waals surface area contributed by atoms with Crippen molar-refractivity contribution >= 4 is 40.0 Å². The maximum Gasteiger partial charge on any atom is 0.418 e. The number of rotatable bonds is 5. The molecule has 0 saturated carbocycles. The summed E-state index contributed by atoms with van der Waals surface area (Å²) in [6.07, 6.45) is -4.73. The van der Waals surface area contributed by atoms with Crippen LogP contribution in [0.15, 0.2) is 18.2 Å². The van der Waals surface area contributed by atoms with Crippen LogP contribution in [-0.2, 0) is 26.6 Å². The Balaban J connectivity index is 2.86. The fourth-order valence-electron chi connectivity index (χ4n) is 1.38. The van der Waals surface area contributed by atoms with Crippen LogP contribution < -0.4 is 5.32 Å². The van der Waals surface area contributed by atoms with Gasteiger partial charge in [-0.15, -0.1) is 0 Å². The third kappa shape index (κ3) is 5.72. The van der Waals surface area contributed by atoms with E-state index in [0.717, 1.165) is 12.1 Å². The Labute approximate surface area is 124 Å². The molecule has 0 bridgehead atoms. The maximum atomic E-state index is 12.8. The molecule has 0 radical (unpaired) electrons. The predicted octanol–water partition coefficient (Wildman–Crippen LogP) is 2.13. The first-order valence-corrected chi connectivity index (χ1v) is 7.19. The number of carbonyl (C=O) groups is 2. The predicted molar refractivity (Wildman–Crippen MR) is 70.6 cm³/mol. The van der Waals surface area contributed by atoms with Gasteiger partial charge in [0, 0.05) is 15.8 Å². The summed E-state index contributed by atoms with van der Waals surface area (Å²) >= 11 is 5.47. The minimum atomic E-state index is -4.73. The number of alkyl halides is 3. The Morgan fingerprint density at radius 1 is 1.29 bits per heavy atom. The van der Waals surface area contributed by atoms with Crippen LogP contribution >= 0.6 is 11.6 Å². The quantitative estimate of drug-likeness (QED) is 0.858. The van der Waals surface area contributed by atoms with Gasteiger partial charge in [0.1, 0.15) is 11.5 Å². The van der Waals surface area contributed by atoms with Gasteiger partial charge >= 0.3 is 12.1 Å². The first-order valence-electron chi connectivity index (χ1n) is 5.33. The maximum absolute atomic E-state index is 12.8. The fourth-order valence-corrected chi connectivity index (χ4v) is 2.30. The zero-order valence-electron chi connectivity index (χ0n) is 10.2. The molecule has 1 amide bonds. The minimum absolute atomic E-state index is 0.158. The number of hydrogen-bond acceptors (Lipinski definition) is 3. The first kappa shape index (κ1) is 17.4. The summed E-state index contributed by atoms with van der Waals surface area (Å²) in [5.74, 6) is -3.84. The number of carboxylic acid groups (broad SMARTS) is 1. The molecule has 1 aromatic rings. The SMILES string of the molecule is O=C(O)C[S@@](=O)CC(=O)Nc1ccc(Cl)cc1C(F)(F)F. The molecule has 0 aliphatic heterocycles. The Hall–Kier alpha value is -1.61. The van der Waals surface area contributed by atoms with Gasteiger partial charge in [0.25, 0.3) is 0 Å². The van der Waals surface area contributed by atoms with Crippen LogP contribution in [0.25, 0.3) is 0 Å². The van der Waals surface area contributed by atoms with Crippen molar-refractivity contribution in [2.45, 2.75) is 6.18 Å². The van der Waals surface area contributed by atoms with E-state index in [4.69, 9.17) is 16.7 Å². The van der Waals surface area contributed by atoms with Crippen molar-refractivity contribution in [1.29, 1.82) is 0 Å². The van der Waals surface area contributed by atoms with Gasteiger partial charge in [0.15, 0.2) is 0 Å². The number of nitrogens with one attached hydrogen (secondary N) is 1. The molecular weight excluding hydrogens is 335 g/mol. The molecule has 1 aromatic carbocycles. The molecule has 0 aromatic heterocycles. The van der Waals surface area contributed by atoms with Gasteiger partial charge < -0.3 is 10.4 Å². The molecule has 21 heavy (non-hydrogen) atoms. The molecule has 0 fully saturated rings. The first-order chi connectivity index (χ1) is 9.59. The standard InChI is InChI=1S/C11H9ClF3NO4S/c12-6-1-2-8(7(3-6)11(13,14)15)16-9(17)4-21(20)5-10(18)19/h1-3H,4-5H2,(H,16,17)(H,18,19)/t21-/m0/s1. The number of amides is 1. The Morgan fingerprint density at radius 2 is 1.90 bits per heavy atom. The lowest BCUT2D eigenvalue weighted by molar-refractivity contribution is -0.137. The minimum Gasteiger partial charge on any atom is -0.481 e. The molecule has 2 N–H and O–H groups in total. The lowest BCUT2D eigenvalue weighted by atomic mass is 10.1. The lowest BCUT2D eigenvalue weighted by Gasteiger charge is -2.14. The monoisotopic (exact) mass is 343 g/mol. The van der Waals surface area contributed by atoms with E-state index in [2.05, 4.69) is 0 Å². The van der Waals surface area contributed by atoms with Crippen molar-refractivity contribution in [2.75, 3.05) is 16.8 Å². The molecule has 10 heteroatoms. The van der Waals surface area contributed by atoms with Crippen molar-refractivity contribution in [2.24, 2.45) is 0 Å². The van der Waals surface area contributed by atoms with E-state index < -0.39 is 51.6 Å². The zero-order chi connectivity index (χ0) is 16.2. The van der Waals surface area contributed by atoms with Crippen LogP contribution in [0, 0.1) is 0 Å². The van der Waals surface area contributed by atoms with E-state index in [1.54, 1.807) is 0 Å². The molecule has 1 atom stereocenters. The van der Waals surface area contributed by atoms with E-state index in [0.29, 0.717) is 6.07 Å². The van der Waals surface area contributed by atoms with Crippen LogP contribution in [0.2, 0.25) is 5.02 Å². The average Bonchev–Trinajstić information content (AvgIpc) is 2.28. The molecule has 0 aliphatic rings. The van der Waals surface area contributed by atoms with Crippen molar-refractivity contribution in [3.05, 3.63) is 28.8 Å². The summed E-state index contributed by atoms with van der Waals surface area (Å²) < 4.78 is 49.5. The molecule has 1 rings (SSSR count). The lowest BCUT2D eigenvalue weighted by Crippen LogP contribution is -2.24. The summed E-state index contributed by atoms with van der Waals surface area (Å²) in [6.45, 7) is 0. The summed E-state index contributed by atoms with van der Waals surface area (Å²) in [7, 11) is -2.00. The number of aliphatic carboxylic acids is 1. The van der Waals surface area contributed by atoms with Crippen LogP contribution in [0.3, 0.4) is 0 Å². The van der Waals surface area contributed by atoms with Crippen LogP contribution in [0.5, 0.6) is 0 Å². The molecule has 0 aliphatic carbocycles. The zero-order valence-corrected chi connectivity index (χ0v) is 11.8. The van der Waals surface area contributed by atoms with E-state index in [-0.39, 0.29) is 5.02 Å². The summed E-state index contributed by atoms with van der Waals surface area (Å²) in [5.41, 5.74) is -1.68. The average molecular weight is 344 g/mol. The molecule has 5 nitrogen and oxygen atoms in total. The highest BCUT2D eigenvalue weighted by atomic mass is 35.5. The molecule has 0 heterocycles. The normalized spacial score (nSPS) is 12.8. The highest BCUT2D eigenvalue weighted by Gasteiger charge is 2.34. The van der Waals surface area contributed by atoms with Crippen molar-refractivity contribution < 1.29 is 32.1 Å². The van der Waals surface area contributed by atoms with Gasteiger partial charge in [0.2, 0.25) is 5.91 Å². The smallest absolute Gasteiger partial charge is 0.418 e. The van der Waals surface area contributed by atoms with Crippen LogP contribution in [-0.4, -0.2) is 32.7 Å². The molecule has 0 saturated heterocycles. The van der Waals surface area contributed by atoms with Crippen molar-refractivity contribution in [3.8, 4) is 0 Å². The van der Waals surface area contributed by atoms with E-state index >= 15 is 0 Å². The van der Waals surface area contributed by atoms with Gasteiger partial charge in [-0.3, -0.25) is 13.8 Å². The van der Waals surface area contributed by atoms with E-state index in [1.165, 1.54) is 0 Å². The second kappa shape index (κ2) is 6.90. The Morgan fingerprint density at radius 3 is 2.43 bits per heavy atom. The largest absolute Gasteiger partial charge is 0.481 e. The topological polar surface area (TPSA) is 83.5 Å². The number of anilines is 1. The third-order valence-electron chi connectivity index (χ3n) is 2.14. The number of carboxylic acids is 1. The second-order valence-electron chi connectivity index (χ2n) is 3.86. The summed E-state index contributed by atoms with van der Waals surface area (Å²) in [5, 5.41) is 10.2. The number of hydrogen-bond donors (Lipinski definition) is 2. The highest BCUT2D eigenvalue weighted by molar-refractivity contribution is 7.86. The highest BCUT2D eigenvalue weighted by Crippen LogP contribution is 2.36. The van der Waals surface area contributed by atoms with Crippen molar-refractivity contribution in [1.82, 2.24) is 0 Å².